The van der Waals surface area contributed by atoms with Crippen LogP contribution >= 0.6 is 11.8 Å². The van der Waals surface area contributed by atoms with E-state index in [9.17, 15) is 5.26 Å². The van der Waals surface area contributed by atoms with Gasteiger partial charge in [-0.3, -0.25) is 4.99 Å². The predicted molar refractivity (Wildman–Crippen MR) is 136 cm³/mol. The fraction of sp³-hybridized carbons (Fsp3) is 0.308. The Morgan fingerprint density at radius 1 is 1.21 bits per heavy atom. The molecule has 2 aromatic carbocycles. The normalized spacial score (nSPS) is 18.3. The summed E-state index contributed by atoms with van der Waals surface area (Å²) in [6.45, 7) is 5.02. The SMILES string of the molecule is CCNC1=C(C#N)C(c2ccc(OCCO)cc2)=C(C=NC)C(C)(SCc2ccccc2)N1. The zero-order valence-electron chi connectivity index (χ0n) is 19.3. The van der Waals surface area contributed by atoms with Crippen LogP contribution in [0.3, 0.4) is 0 Å². The van der Waals surface area contributed by atoms with Crippen molar-refractivity contribution in [3.8, 4) is 11.8 Å². The van der Waals surface area contributed by atoms with Crippen molar-refractivity contribution in [2.45, 2.75) is 24.5 Å². The molecule has 3 rings (SSSR count). The van der Waals surface area contributed by atoms with Crippen molar-refractivity contribution in [1.82, 2.24) is 10.6 Å². The van der Waals surface area contributed by atoms with E-state index in [2.05, 4.69) is 40.8 Å². The van der Waals surface area contributed by atoms with Crippen molar-refractivity contribution < 1.29 is 9.84 Å². The van der Waals surface area contributed by atoms with Gasteiger partial charge in [0.15, 0.2) is 0 Å². The second-order valence-electron chi connectivity index (χ2n) is 7.60. The summed E-state index contributed by atoms with van der Waals surface area (Å²) in [5, 5.41) is 26.1. The van der Waals surface area contributed by atoms with Gasteiger partial charge >= 0.3 is 0 Å². The van der Waals surface area contributed by atoms with Gasteiger partial charge in [-0.15, -0.1) is 11.8 Å². The Kier molecular flexibility index (Phi) is 8.58. The minimum absolute atomic E-state index is 0.0416. The van der Waals surface area contributed by atoms with Crippen LogP contribution in [0.5, 0.6) is 5.75 Å². The van der Waals surface area contributed by atoms with Gasteiger partial charge in [-0.25, -0.2) is 0 Å². The topological polar surface area (TPSA) is 89.7 Å². The Morgan fingerprint density at radius 3 is 2.55 bits per heavy atom. The highest BCUT2D eigenvalue weighted by Gasteiger charge is 2.38. The van der Waals surface area contributed by atoms with Gasteiger partial charge in [0.2, 0.25) is 0 Å². The summed E-state index contributed by atoms with van der Waals surface area (Å²) in [6.07, 6.45) is 1.84. The van der Waals surface area contributed by atoms with Crippen molar-refractivity contribution in [3.63, 3.8) is 0 Å². The number of ether oxygens (including phenoxy) is 1. The van der Waals surface area contributed by atoms with Gasteiger partial charge in [0.05, 0.1) is 6.61 Å². The van der Waals surface area contributed by atoms with Crippen LogP contribution in [0.4, 0.5) is 0 Å². The second kappa shape index (κ2) is 11.6. The molecule has 0 radical (unpaired) electrons. The van der Waals surface area contributed by atoms with Crippen LogP contribution in [0.2, 0.25) is 0 Å². The third-order valence-electron chi connectivity index (χ3n) is 5.24. The van der Waals surface area contributed by atoms with Gasteiger partial charge in [0.1, 0.15) is 34.7 Å². The maximum atomic E-state index is 10.1. The molecule has 3 N–H and O–H groups in total. The number of hydrogen-bond donors (Lipinski definition) is 3. The molecule has 0 aliphatic carbocycles. The molecular weight excluding hydrogens is 432 g/mol. The lowest BCUT2D eigenvalue weighted by Gasteiger charge is -2.39. The maximum Gasteiger partial charge on any atom is 0.119 e. The van der Waals surface area contributed by atoms with Gasteiger partial charge in [0, 0.05) is 36.7 Å². The molecule has 1 heterocycles. The number of dihydropyridines is 1. The van der Waals surface area contributed by atoms with Crippen LogP contribution in [-0.2, 0) is 5.75 Å². The van der Waals surface area contributed by atoms with E-state index >= 15 is 0 Å². The van der Waals surface area contributed by atoms with Crippen molar-refractivity contribution in [1.29, 1.82) is 5.26 Å². The Morgan fingerprint density at radius 2 is 1.94 bits per heavy atom. The van der Waals surface area contributed by atoms with Gasteiger partial charge in [-0.1, -0.05) is 42.5 Å². The summed E-state index contributed by atoms with van der Waals surface area (Å²) >= 11 is 1.76. The Balaban J connectivity index is 2.10. The summed E-state index contributed by atoms with van der Waals surface area (Å²) in [5.41, 5.74) is 4.46. The van der Waals surface area contributed by atoms with Crippen LogP contribution < -0.4 is 15.4 Å². The fourth-order valence-electron chi connectivity index (χ4n) is 3.70. The summed E-state index contributed by atoms with van der Waals surface area (Å²) in [6, 6.07) is 20.3. The number of aliphatic hydroxyl groups excluding tert-OH is 1. The van der Waals surface area contributed by atoms with E-state index in [-0.39, 0.29) is 13.2 Å². The van der Waals surface area contributed by atoms with Crippen LogP contribution in [0.25, 0.3) is 5.57 Å². The average molecular weight is 463 g/mol. The van der Waals surface area contributed by atoms with Crippen LogP contribution in [0.15, 0.2) is 76.6 Å². The molecule has 7 heteroatoms. The van der Waals surface area contributed by atoms with E-state index in [4.69, 9.17) is 9.84 Å². The lowest BCUT2D eigenvalue weighted by molar-refractivity contribution is 0.201. The minimum atomic E-state index is -0.519. The summed E-state index contributed by atoms with van der Waals surface area (Å²) in [4.78, 5) is 3.82. The number of thioether (sulfide) groups is 1. The first-order valence-electron chi connectivity index (χ1n) is 10.9. The van der Waals surface area contributed by atoms with E-state index in [0.717, 1.165) is 22.5 Å². The van der Waals surface area contributed by atoms with Gasteiger partial charge in [-0.05, 0) is 37.1 Å². The molecule has 1 aliphatic heterocycles. The predicted octanol–water partition coefficient (Wildman–Crippen LogP) is 4.11. The van der Waals surface area contributed by atoms with Crippen LogP contribution in [0, 0.1) is 11.3 Å². The Hall–Kier alpha value is -3.21. The molecule has 0 fully saturated rings. The molecule has 0 spiro atoms. The highest BCUT2D eigenvalue weighted by molar-refractivity contribution is 8.00. The molecule has 0 saturated carbocycles. The number of nitrogens with zero attached hydrogens (tertiary/aromatic N) is 2. The lowest BCUT2D eigenvalue weighted by Crippen LogP contribution is -2.48. The highest BCUT2D eigenvalue weighted by Crippen LogP contribution is 2.43. The standard InChI is InChI=1S/C26H30N4O2S/c1-4-29-25-22(16-27)24(20-10-12-21(13-11-20)32-15-14-31)23(17-28-3)26(2,30-25)33-18-19-8-6-5-7-9-19/h5-13,17,29-31H,4,14-15,18H2,1-3H3. The second-order valence-corrected chi connectivity index (χ2v) is 8.99. The number of hydrogen-bond acceptors (Lipinski definition) is 7. The molecule has 0 saturated heterocycles. The van der Waals surface area contributed by atoms with E-state index in [0.29, 0.717) is 23.7 Å². The van der Waals surface area contributed by atoms with Crippen molar-refractivity contribution in [3.05, 3.63) is 82.7 Å². The first kappa shape index (κ1) is 24.4. The van der Waals surface area contributed by atoms with Crippen molar-refractivity contribution >= 4 is 23.5 Å². The van der Waals surface area contributed by atoms with Crippen molar-refractivity contribution in [2.24, 2.45) is 4.99 Å². The summed E-state index contributed by atoms with van der Waals surface area (Å²) in [5.74, 6) is 2.18. The first-order chi connectivity index (χ1) is 16.1. The molecule has 1 atom stereocenters. The summed E-state index contributed by atoms with van der Waals surface area (Å²) in [7, 11) is 1.74. The third kappa shape index (κ3) is 5.78. The number of nitrogens with one attached hydrogen (secondary N) is 2. The lowest BCUT2D eigenvalue weighted by atomic mass is 9.87. The number of aliphatic hydroxyl groups is 1. The Bertz CT molecular complexity index is 1070. The number of allylic oxidation sites excluding steroid dienone is 2. The minimum Gasteiger partial charge on any atom is -0.491 e. The van der Waals surface area contributed by atoms with E-state index in [1.165, 1.54) is 5.56 Å². The van der Waals surface area contributed by atoms with Crippen molar-refractivity contribution in [2.75, 3.05) is 26.8 Å². The largest absolute Gasteiger partial charge is 0.491 e. The quantitative estimate of drug-likeness (QED) is 0.461. The zero-order valence-corrected chi connectivity index (χ0v) is 20.1. The van der Waals surface area contributed by atoms with Crippen LogP contribution in [-0.4, -0.2) is 43.0 Å². The van der Waals surface area contributed by atoms with Gasteiger partial charge in [-0.2, -0.15) is 5.26 Å². The third-order valence-corrected chi connectivity index (χ3v) is 6.62. The maximum absolute atomic E-state index is 10.1. The van der Waals surface area contributed by atoms with E-state index < -0.39 is 4.87 Å². The number of rotatable bonds is 10. The molecule has 0 bridgehead atoms. The molecule has 1 aliphatic rings. The highest BCUT2D eigenvalue weighted by atomic mass is 32.2. The fourth-order valence-corrected chi connectivity index (χ4v) is 4.83. The molecule has 0 amide bonds. The molecule has 172 valence electrons. The molecular formula is C26H30N4O2S. The average Bonchev–Trinajstić information content (AvgIpc) is 2.84. The van der Waals surface area contributed by atoms with E-state index in [1.54, 1.807) is 18.8 Å². The van der Waals surface area contributed by atoms with Crippen LogP contribution in [0.1, 0.15) is 25.0 Å². The first-order valence-corrected chi connectivity index (χ1v) is 11.9. The zero-order chi connectivity index (χ0) is 23.7. The molecule has 2 aromatic rings. The molecule has 1 unspecified atom stereocenters. The molecule has 0 aromatic heterocycles. The smallest absolute Gasteiger partial charge is 0.119 e. The van der Waals surface area contributed by atoms with E-state index in [1.807, 2.05) is 55.6 Å². The van der Waals surface area contributed by atoms with Gasteiger partial charge in [0.25, 0.3) is 0 Å². The molecule has 33 heavy (non-hydrogen) atoms. The number of aliphatic imine (C=N–C) groups is 1. The number of nitriles is 1. The van der Waals surface area contributed by atoms with Gasteiger partial charge < -0.3 is 20.5 Å². The molecule has 6 nitrogen and oxygen atoms in total. The summed E-state index contributed by atoms with van der Waals surface area (Å²) < 4.78 is 5.51. The Labute approximate surface area is 200 Å². The number of benzene rings is 2. The monoisotopic (exact) mass is 462 g/mol.